The maximum Gasteiger partial charge on any atom is 0.316 e. The molecular formula is C18H17FN2O2. The van der Waals surface area contributed by atoms with E-state index < -0.39 is 11.8 Å². The summed E-state index contributed by atoms with van der Waals surface area (Å²) in [5.74, 6) is -1.44. The van der Waals surface area contributed by atoms with Gasteiger partial charge < -0.3 is 9.80 Å². The van der Waals surface area contributed by atoms with E-state index in [0.717, 1.165) is 11.3 Å². The highest BCUT2D eigenvalue weighted by Gasteiger charge is 2.33. The molecule has 0 atom stereocenters. The number of rotatable bonds is 3. The average Bonchev–Trinajstić information content (AvgIpc) is 2.53. The quantitative estimate of drug-likeness (QED) is 0.817. The van der Waals surface area contributed by atoms with E-state index in [4.69, 9.17) is 0 Å². The molecule has 1 aliphatic heterocycles. The predicted molar refractivity (Wildman–Crippen MR) is 85.3 cm³/mol. The number of halogens is 1. The lowest BCUT2D eigenvalue weighted by molar-refractivity contribution is -0.146. The van der Waals surface area contributed by atoms with Crippen LogP contribution in [0.3, 0.4) is 0 Å². The molecular weight excluding hydrogens is 295 g/mol. The van der Waals surface area contributed by atoms with Crippen LogP contribution in [-0.4, -0.2) is 29.8 Å². The van der Waals surface area contributed by atoms with Gasteiger partial charge in [-0.2, -0.15) is 0 Å². The third-order valence-electron chi connectivity index (χ3n) is 3.98. The molecule has 0 aromatic heterocycles. The second-order valence-electron chi connectivity index (χ2n) is 5.60. The van der Waals surface area contributed by atoms with E-state index in [9.17, 15) is 14.0 Å². The Morgan fingerprint density at radius 2 is 1.78 bits per heavy atom. The Labute approximate surface area is 134 Å². The molecule has 3 rings (SSSR count). The van der Waals surface area contributed by atoms with Gasteiger partial charge in [-0.25, -0.2) is 4.39 Å². The van der Waals surface area contributed by atoms with E-state index in [1.54, 1.807) is 12.1 Å². The second kappa shape index (κ2) is 6.20. The van der Waals surface area contributed by atoms with Crippen LogP contribution in [0, 0.1) is 12.7 Å². The van der Waals surface area contributed by atoms with Crippen molar-refractivity contribution in [3.63, 3.8) is 0 Å². The molecule has 4 nitrogen and oxygen atoms in total. The zero-order chi connectivity index (χ0) is 16.4. The lowest BCUT2D eigenvalue weighted by atomic mass is 10.1. The molecule has 0 aliphatic carbocycles. The number of benzene rings is 2. The minimum Gasteiger partial charge on any atom is -0.328 e. The number of amides is 2. The first-order chi connectivity index (χ1) is 11.1. The second-order valence-corrected chi connectivity index (χ2v) is 5.60. The minimum absolute atomic E-state index is 0.240. The molecule has 2 aromatic carbocycles. The minimum atomic E-state index is -0.552. The SMILES string of the molecule is Cc1ccccc1N1CCN(Cc2cccc(F)c2)C(=O)C1=O. The van der Waals surface area contributed by atoms with Crippen molar-refractivity contribution in [3.05, 3.63) is 65.5 Å². The Morgan fingerprint density at radius 1 is 1.00 bits per heavy atom. The summed E-state index contributed by atoms with van der Waals surface area (Å²) >= 11 is 0. The van der Waals surface area contributed by atoms with E-state index >= 15 is 0 Å². The predicted octanol–water partition coefficient (Wildman–Crippen LogP) is 2.51. The summed E-state index contributed by atoms with van der Waals surface area (Å²) in [5.41, 5.74) is 2.39. The number of hydrogen-bond donors (Lipinski definition) is 0. The third-order valence-corrected chi connectivity index (χ3v) is 3.98. The van der Waals surface area contributed by atoms with E-state index in [0.29, 0.717) is 18.7 Å². The number of carbonyl (C=O) groups is 2. The van der Waals surface area contributed by atoms with Crippen LogP contribution in [0.1, 0.15) is 11.1 Å². The smallest absolute Gasteiger partial charge is 0.316 e. The molecule has 2 amide bonds. The number of carbonyl (C=O) groups excluding carboxylic acids is 2. The average molecular weight is 312 g/mol. The molecule has 23 heavy (non-hydrogen) atoms. The number of nitrogens with zero attached hydrogens (tertiary/aromatic N) is 2. The van der Waals surface area contributed by atoms with Gasteiger partial charge in [-0.1, -0.05) is 30.3 Å². The van der Waals surface area contributed by atoms with Crippen LogP contribution < -0.4 is 4.90 Å². The molecule has 0 spiro atoms. The summed E-state index contributed by atoms with van der Waals surface area (Å²) in [7, 11) is 0. The number of aryl methyl sites for hydroxylation is 1. The highest BCUT2D eigenvalue weighted by atomic mass is 19.1. The van der Waals surface area contributed by atoms with Crippen LogP contribution in [-0.2, 0) is 16.1 Å². The van der Waals surface area contributed by atoms with Gasteiger partial charge in [0, 0.05) is 25.3 Å². The summed E-state index contributed by atoms with van der Waals surface area (Å²) in [6.45, 7) is 3.01. The Hall–Kier alpha value is -2.69. The van der Waals surface area contributed by atoms with E-state index in [-0.39, 0.29) is 12.4 Å². The summed E-state index contributed by atoms with van der Waals surface area (Å²) in [6, 6.07) is 13.6. The first kappa shape index (κ1) is 15.2. The third kappa shape index (κ3) is 3.08. The van der Waals surface area contributed by atoms with Crippen LogP contribution in [0.4, 0.5) is 10.1 Å². The Kier molecular flexibility index (Phi) is 4.10. The molecule has 1 saturated heterocycles. The molecule has 118 valence electrons. The molecule has 0 bridgehead atoms. The fourth-order valence-electron chi connectivity index (χ4n) is 2.78. The van der Waals surface area contributed by atoms with Gasteiger partial charge in [-0.3, -0.25) is 9.59 Å². The van der Waals surface area contributed by atoms with Crippen molar-refractivity contribution in [1.29, 1.82) is 0 Å². The highest BCUT2D eigenvalue weighted by molar-refractivity contribution is 6.41. The van der Waals surface area contributed by atoms with Crippen molar-refractivity contribution in [2.75, 3.05) is 18.0 Å². The maximum absolute atomic E-state index is 13.2. The molecule has 0 radical (unpaired) electrons. The normalized spacial score (nSPS) is 15.2. The largest absolute Gasteiger partial charge is 0.328 e. The topological polar surface area (TPSA) is 40.6 Å². The van der Waals surface area contributed by atoms with Gasteiger partial charge >= 0.3 is 11.8 Å². The van der Waals surface area contributed by atoms with Gasteiger partial charge in [0.2, 0.25) is 0 Å². The van der Waals surface area contributed by atoms with Gasteiger partial charge in [0.15, 0.2) is 0 Å². The van der Waals surface area contributed by atoms with Crippen LogP contribution in [0.25, 0.3) is 0 Å². The van der Waals surface area contributed by atoms with Crippen molar-refractivity contribution < 1.29 is 14.0 Å². The first-order valence-electron chi connectivity index (χ1n) is 7.47. The van der Waals surface area contributed by atoms with Crippen molar-refractivity contribution in [2.45, 2.75) is 13.5 Å². The molecule has 0 saturated carbocycles. The number of piperazine rings is 1. The molecule has 0 unspecified atom stereocenters. The lowest BCUT2D eigenvalue weighted by Crippen LogP contribution is -2.54. The van der Waals surface area contributed by atoms with Crippen LogP contribution >= 0.6 is 0 Å². The van der Waals surface area contributed by atoms with E-state index in [2.05, 4.69) is 0 Å². The number of hydrogen-bond acceptors (Lipinski definition) is 2. The van der Waals surface area contributed by atoms with E-state index in [1.807, 2.05) is 31.2 Å². The zero-order valence-electron chi connectivity index (χ0n) is 12.8. The van der Waals surface area contributed by atoms with E-state index in [1.165, 1.54) is 21.9 Å². The number of para-hydroxylation sites is 1. The summed E-state index contributed by atoms with van der Waals surface area (Å²) in [5, 5.41) is 0. The van der Waals surface area contributed by atoms with Crippen LogP contribution in [0.15, 0.2) is 48.5 Å². The lowest BCUT2D eigenvalue weighted by Gasteiger charge is -2.34. The zero-order valence-corrected chi connectivity index (χ0v) is 12.8. The summed E-state index contributed by atoms with van der Waals surface area (Å²) in [4.78, 5) is 27.7. The fraction of sp³-hybridized carbons (Fsp3) is 0.222. The van der Waals surface area contributed by atoms with Gasteiger partial charge in [0.05, 0.1) is 0 Å². The van der Waals surface area contributed by atoms with Gasteiger partial charge in [0.1, 0.15) is 5.82 Å². The van der Waals surface area contributed by atoms with Gasteiger partial charge in [0.25, 0.3) is 0 Å². The van der Waals surface area contributed by atoms with Gasteiger partial charge in [-0.15, -0.1) is 0 Å². The van der Waals surface area contributed by atoms with Crippen LogP contribution in [0.2, 0.25) is 0 Å². The Balaban J connectivity index is 1.77. The standard InChI is InChI=1S/C18H17FN2O2/c1-13-5-2-3-8-16(13)21-10-9-20(17(22)18(21)23)12-14-6-4-7-15(19)11-14/h2-8,11H,9-10,12H2,1H3. The van der Waals surface area contributed by atoms with Crippen LogP contribution in [0.5, 0.6) is 0 Å². The molecule has 5 heteroatoms. The molecule has 1 fully saturated rings. The molecule has 1 heterocycles. The first-order valence-corrected chi connectivity index (χ1v) is 7.47. The summed E-state index contributed by atoms with van der Waals surface area (Å²) < 4.78 is 13.2. The fourth-order valence-corrected chi connectivity index (χ4v) is 2.78. The van der Waals surface area contributed by atoms with Crippen molar-refractivity contribution in [1.82, 2.24) is 4.90 Å². The van der Waals surface area contributed by atoms with Gasteiger partial charge in [-0.05, 0) is 36.2 Å². The maximum atomic E-state index is 13.2. The molecule has 0 N–H and O–H groups in total. The Morgan fingerprint density at radius 3 is 2.52 bits per heavy atom. The Bertz CT molecular complexity index is 760. The molecule has 1 aliphatic rings. The highest BCUT2D eigenvalue weighted by Crippen LogP contribution is 2.22. The van der Waals surface area contributed by atoms with Crippen molar-refractivity contribution >= 4 is 17.5 Å². The van der Waals surface area contributed by atoms with Crippen molar-refractivity contribution in [3.8, 4) is 0 Å². The molecule has 2 aromatic rings. The monoisotopic (exact) mass is 312 g/mol. The van der Waals surface area contributed by atoms with Crippen molar-refractivity contribution in [2.24, 2.45) is 0 Å². The summed E-state index contributed by atoms with van der Waals surface area (Å²) in [6.07, 6.45) is 0. The number of anilines is 1.